The smallest absolute Gasteiger partial charge is 0.335 e. The number of aryl methyl sites for hydroxylation is 2. The Hall–Kier alpha value is -2.66. The van der Waals surface area contributed by atoms with Gasteiger partial charge < -0.3 is 9.67 Å². The van der Waals surface area contributed by atoms with E-state index in [1.807, 2.05) is 6.07 Å². The number of aromatic carboxylic acids is 1. The minimum Gasteiger partial charge on any atom is -0.478 e. The van der Waals surface area contributed by atoms with Gasteiger partial charge in [0.05, 0.1) is 23.1 Å². The van der Waals surface area contributed by atoms with E-state index in [0.29, 0.717) is 5.56 Å². The normalized spacial score (nSPS) is 15.8. The summed E-state index contributed by atoms with van der Waals surface area (Å²) < 4.78 is 2.21. The van der Waals surface area contributed by atoms with Crippen LogP contribution in [0.2, 0.25) is 0 Å². The molecule has 1 saturated heterocycles. The maximum Gasteiger partial charge on any atom is 0.335 e. The number of benzene rings is 2. The molecule has 5 nitrogen and oxygen atoms in total. The number of carboxylic acids is 1. The average molecular weight is 392 g/mol. The largest absolute Gasteiger partial charge is 0.478 e. The summed E-state index contributed by atoms with van der Waals surface area (Å²) >= 11 is 0. The topological polar surface area (TPSA) is 58.4 Å². The van der Waals surface area contributed by atoms with Crippen molar-refractivity contribution in [1.29, 1.82) is 0 Å². The number of carboxylic acid groups (broad SMARTS) is 1. The van der Waals surface area contributed by atoms with Gasteiger partial charge >= 0.3 is 5.97 Å². The van der Waals surface area contributed by atoms with Crippen LogP contribution in [0, 0.1) is 12.8 Å². The maximum atomic E-state index is 11.3. The maximum absolute atomic E-state index is 11.3. The van der Waals surface area contributed by atoms with Crippen LogP contribution in [0.25, 0.3) is 11.0 Å². The average Bonchev–Trinajstić information content (AvgIpc) is 3.07. The van der Waals surface area contributed by atoms with Gasteiger partial charge in [0.2, 0.25) is 0 Å². The number of imidazole rings is 1. The molecule has 0 atom stereocenters. The number of hydrogen-bond acceptors (Lipinski definition) is 3. The molecular weight excluding hydrogens is 362 g/mol. The molecule has 2 aromatic carbocycles. The fraction of sp³-hybridized carbons (Fsp3) is 0.417. The van der Waals surface area contributed by atoms with Crippen LogP contribution in [0.4, 0.5) is 0 Å². The summed E-state index contributed by atoms with van der Waals surface area (Å²) in [6.07, 6.45) is 3.59. The number of aromatic nitrogens is 2. The van der Waals surface area contributed by atoms with Crippen molar-refractivity contribution in [2.75, 3.05) is 13.1 Å². The van der Waals surface area contributed by atoms with Crippen molar-refractivity contribution in [3.05, 3.63) is 65.0 Å². The third-order valence-electron chi connectivity index (χ3n) is 6.11. The van der Waals surface area contributed by atoms with E-state index >= 15 is 0 Å². The molecule has 0 spiro atoms. The molecule has 0 saturated carbocycles. The van der Waals surface area contributed by atoms with Gasteiger partial charge in [0.25, 0.3) is 0 Å². The Labute approximate surface area is 172 Å². The number of nitrogens with zero attached hydrogens (tertiary/aromatic N) is 3. The van der Waals surface area contributed by atoms with Crippen LogP contribution in [0.5, 0.6) is 0 Å². The van der Waals surface area contributed by atoms with Crippen LogP contribution in [-0.2, 0) is 19.5 Å². The third kappa shape index (κ3) is 4.35. The van der Waals surface area contributed by atoms with Gasteiger partial charge in [0.15, 0.2) is 0 Å². The van der Waals surface area contributed by atoms with Crippen molar-refractivity contribution in [2.24, 2.45) is 5.92 Å². The SMILES string of the molecule is CCn1c(CN2CCC(Cc3ccc(C)cc3)CC2)nc2cc(C(=O)O)ccc21. The molecule has 1 N–H and O–H groups in total. The van der Waals surface area contributed by atoms with E-state index in [9.17, 15) is 9.90 Å². The molecule has 1 aromatic heterocycles. The molecule has 4 rings (SSSR count). The Morgan fingerprint density at radius 3 is 2.52 bits per heavy atom. The standard InChI is InChI=1S/C24H29N3O2/c1-3-27-22-9-8-20(24(28)29)15-21(22)25-23(27)16-26-12-10-19(11-13-26)14-18-6-4-17(2)5-7-18/h4-9,15,19H,3,10-14,16H2,1-2H3,(H,28,29). The molecular formula is C24H29N3O2. The molecule has 5 heteroatoms. The quantitative estimate of drug-likeness (QED) is 0.671. The summed E-state index contributed by atoms with van der Waals surface area (Å²) in [6.45, 7) is 8.08. The highest BCUT2D eigenvalue weighted by Gasteiger charge is 2.22. The highest BCUT2D eigenvalue weighted by atomic mass is 16.4. The highest BCUT2D eigenvalue weighted by Crippen LogP contribution is 2.24. The van der Waals surface area contributed by atoms with Gasteiger partial charge in [-0.05, 0) is 75.9 Å². The molecule has 0 aliphatic carbocycles. The van der Waals surface area contributed by atoms with Gasteiger partial charge in [-0.3, -0.25) is 4.90 Å². The van der Waals surface area contributed by atoms with Crippen molar-refractivity contribution in [3.8, 4) is 0 Å². The zero-order valence-electron chi connectivity index (χ0n) is 17.3. The van der Waals surface area contributed by atoms with Gasteiger partial charge in [0.1, 0.15) is 5.82 Å². The van der Waals surface area contributed by atoms with E-state index in [4.69, 9.17) is 4.98 Å². The van der Waals surface area contributed by atoms with Crippen LogP contribution >= 0.6 is 0 Å². The van der Waals surface area contributed by atoms with Gasteiger partial charge in [-0.25, -0.2) is 9.78 Å². The predicted octanol–water partition coefficient (Wildman–Crippen LogP) is 4.52. The van der Waals surface area contributed by atoms with Gasteiger partial charge in [-0.15, -0.1) is 0 Å². The lowest BCUT2D eigenvalue weighted by Gasteiger charge is -2.31. The molecule has 2 heterocycles. The number of piperidine rings is 1. The summed E-state index contributed by atoms with van der Waals surface area (Å²) in [5, 5.41) is 9.24. The van der Waals surface area contributed by atoms with E-state index in [1.165, 1.54) is 30.4 Å². The lowest BCUT2D eigenvalue weighted by atomic mass is 9.90. The van der Waals surface area contributed by atoms with E-state index in [1.54, 1.807) is 12.1 Å². The third-order valence-corrected chi connectivity index (χ3v) is 6.11. The Kier molecular flexibility index (Phi) is 5.67. The fourth-order valence-electron chi connectivity index (χ4n) is 4.39. The van der Waals surface area contributed by atoms with Gasteiger partial charge in [-0.1, -0.05) is 29.8 Å². The molecule has 0 amide bonds. The summed E-state index contributed by atoms with van der Waals surface area (Å²) in [6, 6.07) is 14.2. The molecule has 152 valence electrons. The number of fused-ring (bicyclic) bond motifs is 1. The van der Waals surface area contributed by atoms with Crippen LogP contribution in [0.3, 0.4) is 0 Å². The van der Waals surface area contributed by atoms with E-state index in [2.05, 4.69) is 47.6 Å². The van der Waals surface area contributed by atoms with Gasteiger partial charge in [0, 0.05) is 6.54 Å². The summed E-state index contributed by atoms with van der Waals surface area (Å²) in [4.78, 5) is 18.5. The minimum atomic E-state index is -0.907. The number of rotatable bonds is 6. The second-order valence-corrected chi connectivity index (χ2v) is 8.19. The van der Waals surface area contributed by atoms with Crippen molar-refractivity contribution in [3.63, 3.8) is 0 Å². The van der Waals surface area contributed by atoms with Crippen LogP contribution < -0.4 is 0 Å². The summed E-state index contributed by atoms with van der Waals surface area (Å²) in [7, 11) is 0. The molecule has 0 bridgehead atoms. The lowest BCUT2D eigenvalue weighted by Crippen LogP contribution is -2.34. The molecule has 1 aliphatic rings. The Balaban J connectivity index is 1.41. The fourth-order valence-corrected chi connectivity index (χ4v) is 4.39. The molecule has 1 aliphatic heterocycles. The Morgan fingerprint density at radius 2 is 1.86 bits per heavy atom. The molecule has 0 unspecified atom stereocenters. The lowest BCUT2D eigenvalue weighted by molar-refractivity contribution is 0.0697. The molecule has 0 radical (unpaired) electrons. The van der Waals surface area contributed by atoms with Gasteiger partial charge in [-0.2, -0.15) is 0 Å². The van der Waals surface area contributed by atoms with E-state index in [0.717, 1.165) is 49.0 Å². The summed E-state index contributed by atoms with van der Waals surface area (Å²) in [5.41, 5.74) is 4.84. The minimum absolute atomic E-state index is 0.293. The number of hydrogen-bond donors (Lipinski definition) is 1. The zero-order valence-corrected chi connectivity index (χ0v) is 17.3. The Bertz CT molecular complexity index is 999. The molecule has 3 aromatic rings. The van der Waals surface area contributed by atoms with Crippen molar-refractivity contribution < 1.29 is 9.90 Å². The zero-order chi connectivity index (χ0) is 20.4. The monoisotopic (exact) mass is 391 g/mol. The second kappa shape index (κ2) is 8.37. The second-order valence-electron chi connectivity index (χ2n) is 8.19. The number of carbonyl (C=O) groups is 1. The summed E-state index contributed by atoms with van der Waals surface area (Å²) in [5.74, 6) is 0.870. The van der Waals surface area contributed by atoms with Crippen LogP contribution in [0.1, 0.15) is 47.1 Å². The van der Waals surface area contributed by atoms with Crippen LogP contribution in [-0.4, -0.2) is 38.6 Å². The van der Waals surface area contributed by atoms with Crippen LogP contribution in [0.15, 0.2) is 42.5 Å². The van der Waals surface area contributed by atoms with Crippen molar-refractivity contribution >= 4 is 17.0 Å². The first-order chi connectivity index (χ1) is 14.0. The first-order valence-corrected chi connectivity index (χ1v) is 10.5. The molecule has 29 heavy (non-hydrogen) atoms. The first-order valence-electron chi connectivity index (χ1n) is 10.5. The first kappa shape index (κ1) is 19.6. The molecule has 1 fully saturated rings. The predicted molar refractivity (Wildman–Crippen MR) is 115 cm³/mol. The Morgan fingerprint density at radius 1 is 1.14 bits per heavy atom. The van der Waals surface area contributed by atoms with Crippen molar-refractivity contribution in [1.82, 2.24) is 14.5 Å². The van der Waals surface area contributed by atoms with E-state index < -0.39 is 5.97 Å². The highest BCUT2D eigenvalue weighted by molar-refractivity contribution is 5.92. The van der Waals surface area contributed by atoms with E-state index in [-0.39, 0.29) is 0 Å². The van der Waals surface area contributed by atoms with Crippen molar-refractivity contribution in [2.45, 2.75) is 46.2 Å². The number of likely N-dealkylation sites (tertiary alicyclic amines) is 1.